The van der Waals surface area contributed by atoms with Crippen LogP contribution in [0.4, 0.5) is 10.2 Å². The van der Waals surface area contributed by atoms with Gasteiger partial charge in [-0.3, -0.25) is 19.1 Å². The van der Waals surface area contributed by atoms with Crippen molar-refractivity contribution in [2.24, 2.45) is 0 Å². The Bertz CT molecular complexity index is 891. The molecule has 128 valence electrons. The lowest BCUT2D eigenvalue weighted by Gasteiger charge is -2.11. The van der Waals surface area contributed by atoms with E-state index in [1.807, 2.05) is 6.92 Å². The van der Waals surface area contributed by atoms with Crippen molar-refractivity contribution >= 4 is 23.2 Å². The van der Waals surface area contributed by atoms with Crippen molar-refractivity contribution < 1.29 is 13.9 Å². The number of carbonyl (C=O) groups is 1. The topological polar surface area (TPSA) is 107 Å². The first-order valence-corrected chi connectivity index (χ1v) is 7.46. The van der Waals surface area contributed by atoms with Crippen molar-refractivity contribution in [1.82, 2.24) is 9.55 Å². The molecule has 0 amide bonds. The van der Waals surface area contributed by atoms with E-state index in [2.05, 4.69) is 4.98 Å². The summed E-state index contributed by atoms with van der Waals surface area (Å²) in [6, 6.07) is 3.58. The van der Waals surface area contributed by atoms with Gasteiger partial charge in [0.05, 0.1) is 5.02 Å². The zero-order valence-electron chi connectivity index (χ0n) is 12.8. The van der Waals surface area contributed by atoms with Crippen LogP contribution in [-0.4, -0.2) is 21.9 Å². The third-order valence-corrected chi connectivity index (χ3v) is 3.52. The van der Waals surface area contributed by atoms with Crippen LogP contribution in [0.15, 0.2) is 27.8 Å². The maximum atomic E-state index is 13.1. The normalized spacial score (nSPS) is 10.6. The molecular weight excluding hydrogens is 341 g/mol. The van der Waals surface area contributed by atoms with Gasteiger partial charge in [0.2, 0.25) is 5.78 Å². The highest BCUT2D eigenvalue weighted by Gasteiger charge is 2.19. The first-order chi connectivity index (χ1) is 11.3. The predicted octanol–water partition coefficient (Wildman–Crippen LogP) is 1.58. The number of nitrogens with zero attached hydrogens (tertiary/aromatic N) is 1. The minimum atomic E-state index is -0.879. The Morgan fingerprint density at radius 1 is 1.42 bits per heavy atom. The van der Waals surface area contributed by atoms with Crippen LogP contribution in [0.1, 0.15) is 23.7 Å². The Morgan fingerprint density at radius 3 is 2.75 bits per heavy atom. The van der Waals surface area contributed by atoms with Gasteiger partial charge in [-0.15, -0.1) is 0 Å². The van der Waals surface area contributed by atoms with Crippen molar-refractivity contribution in [3.05, 3.63) is 55.4 Å². The van der Waals surface area contributed by atoms with Crippen LogP contribution >= 0.6 is 11.6 Å². The molecule has 0 unspecified atom stereocenters. The summed E-state index contributed by atoms with van der Waals surface area (Å²) in [5.41, 5.74) is 3.87. The second kappa shape index (κ2) is 7.31. The SMILES string of the molecule is CCCn1c(N)c(C(=O)COc2ccc(F)c(Cl)c2)c(=O)[nH]c1=O. The van der Waals surface area contributed by atoms with Gasteiger partial charge in [0.25, 0.3) is 5.56 Å². The highest BCUT2D eigenvalue weighted by atomic mass is 35.5. The second-order valence-electron chi connectivity index (χ2n) is 4.96. The maximum absolute atomic E-state index is 13.1. The number of nitrogen functional groups attached to an aromatic ring is 1. The number of hydrogen-bond acceptors (Lipinski definition) is 5. The highest BCUT2D eigenvalue weighted by molar-refractivity contribution is 6.30. The van der Waals surface area contributed by atoms with E-state index in [4.69, 9.17) is 22.1 Å². The molecule has 0 fully saturated rings. The first kappa shape index (κ1) is 17.7. The number of nitrogens with two attached hydrogens (primary N) is 1. The highest BCUT2D eigenvalue weighted by Crippen LogP contribution is 2.21. The predicted molar refractivity (Wildman–Crippen MR) is 87.3 cm³/mol. The summed E-state index contributed by atoms with van der Waals surface area (Å²) in [6.07, 6.45) is 0.592. The van der Waals surface area contributed by atoms with E-state index >= 15 is 0 Å². The third kappa shape index (κ3) is 3.65. The quantitative estimate of drug-likeness (QED) is 0.765. The van der Waals surface area contributed by atoms with E-state index in [1.54, 1.807) is 0 Å². The van der Waals surface area contributed by atoms with Crippen molar-refractivity contribution in [2.45, 2.75) is 19.9 Å². The molecule has 24 heavy (non-hydrogen) atoms. The summed E-state index contributed by atoms with van der Waals surface area (Å²) in [5.74, 6) is -1.38. The summed E-state index contributed by atoms with van der Waals surface area (Å²) < 4.78 is 19.4. The molecule has 0 atom stereocenters. The van der Waals surface area contributed by atoms with Gasteiger partial charge in [0.15, 0.2) is 6.61 Å². The Kier molecular flexibility index (Phi) is 5.40. The smallest absolute Gasteiger partial charge is 0.329 e. The molecule has 2 aromatic rings. The largest absolute Gasteiger partial charge is 0.485 e. The molecule has 1 aromatic carbocycles. The Labute approximate surface area is 140 Å². The van der Waals surface area contributed by atoms with Gasteiger partial charge < -0.3 is 10.5 Å². The summed E-state index contributed by atoms with van der Waals surface area (Å²) in [6.45, 7) is 1.57. The third-order valence-electron chi connectivity index (χ3n) is 3.23. The maximum Gasteiger partial charge on any atom is 0.329 e. The van der Waals surface area contributed by atoms with E-state index in [9.17, 15) is 18.8 Å². The lowest BCUT2D eigenvalue weighted by molar-refractivity contribution is 0.0920. The number of nitrogens with one attached hydrogen (secondary N) is 1. The standard InChI is InChI=1S/C15H15ClFN3O4/c1-2-5-20-13(18)12(14(22)19-15(20)23)11(21)7-24-8-3-4-10(17)9(16)6-8/h3-4,6H,2,5,7,18H2,1H3,(H,19,22,23). The van der Waals surface area contributed by atoms with Crippen LogP contribution in [0.3, 0.4) is 0 Å². The number of aromatic nitrogens is 2. The molecule has 0 bridgehead atoms. The van der Waals surface area contributed by atoms with Crippen molar-refractivity contribution in [1.29, 1.82) is 0 Å². The van der Waals surface area contributed by atoms with Crippen LogP contribution in [0.25, 0.3) is 0 Å². The van der Waals surface area contributed by atoms with Crippen LogP contribution < -0.4 is 21.7 Å². The number of benzene rings is 1. The fraction of sp³-hybridized carbons (Fsp3) is 0.267. The molecule has 0 saturated carbocycles. The number of carbonyl (C=O) groups excluding carboxylic acids is 1. The lowest BCUT2D eigenvalue weighted by atomic mass is 10.2. The van der Waals surface area contributed by atoms with Gasteiger partial charge in [0.1, 0.15) is 22.9 Å². The van der Waals surface area contributed by atoms with Gasteiger partial charge in [-0.1, -0.05) is 18.5 Å². The summed E-state index contributed by atoms with van der Waals surface area (Å²) >= 11 is 5.62. The first-order valence-electron chi connectivity index (χ1n) is 7.08. The fourth-order valence-electron chi connectivity index (χ4n) is 2.09. The molecule has 0 saturated heterocycles. The lowest BCUT2D eigenvalue weighted by Crippen LogP contribution is -2.37. The Balaban J connectivity index is 2.26. The van der Waals surface area contributed by atoms with E-state index in [-0.39, 0.29) is 28.7 Å². The average molecular weight is 356 g/mol. The van der Waals surface area contributed by atoms with E-state index in [1.165, 1.54) is 12.1 Å². The van der Waals surface area contributed by atoms with E-state index < -0.39 is 29.5 Å². The zero-order chi connectivity index (χ0) is 17.9. The van der Waals surface area contributed by atoms with Gasteiger partial charge in [-0.05, 0) is 18.6 Å². The minimum Gasteiger partial charge on any atom is -0.485 e. The number of hydrogen-bond donors (Lipinski definition) is 2. The molecule has 0 aliphatic heterocycles. The summed E-state index contributed by atoms with van der Waals surface area (Å²) in [4.78, 5) is 37.9. The van der Waals surface area contributed by atoms with E-state index in [0.717, 1.165) is 10.6 Å². The fourth-order valence-corrected chi connectivity index (χ4v) is 2.26. The summed E-state index contributed by atoms with van der Waals surface area (Å²) in [5, 5.41) is -0.159. The number of halogens is 2. The van der Waals surface area contributed by atoms with E-state index in [0.29, 0.717) is 6.42 Å². The number of Topliss-reactive ketones (excluding diaryl/α,β-unsaturated/α-hetero) is 1. The Morgan fingerprint density at radius 2 is 2.12 bits per heavy atom. The molecule has 0 spiro atoms. The molecule has 0 aliphatic rings. The number of ether oxygens (including phenoxy) is 1. The van der Waals surface area contributed by atoms with Crippen LogP contribution in [0.2, 0.25) is 5.02 Å². The second-order valence-corrected chi connectivity index (χ2v) is 5.37. The zero-order valence-corrected chi connectivity index (χ0v) is 13.5. The minimum absolute atomic E-state index is 0.159. The van der Waals surface area contributed by atoms with Crippen LogP contribution in [-0.2, 0) is 6.54 Å². The molecular formula is C15H15ClFN3O4. The molecule has 1 heterocycles. The number of aromatic amines is 1. The van der Waals surface area contributed by atoms with Crippen LogP contribution in [0.5, 0.6) is 5.75 Å². The molecule has 9 heteroatoms. The molecule has 1 aromatic heterocycles. The Hall–Kier alpha value is -2.61. The average Bonchev–Trinajstić information content (AvgIpc) is 2.52. The number of anilines is 1. The molecule has 7 nitrogen and oxygen atoms in total. The summed E-state index contributed by atoms with van der Waals surface area (Å²) in [7, 11) is 0. The van der Waals surface area contributed by atoms with Crippen molar-refractivity contribution in [3.8, 4) is 5.75 Å². The van der Waals surface area contributed by atoms with Gasteiger partial charge in [0, 0.05) is 12.6 Å². The molecule has 2 rings (SSSR count). The van der Waals surface area contributed by atoms with Gasteiger partial charge in [-0.25, -0.2) is 9.18 Å². The van der Waals surface area contributed by atoms with Crippen molar-refractivity contribution in [3.63, 3.8) is 0 Å². The molecule has 0 radical (unpaired) electrons. The van der Waals surface area contributed by atoms with Gasteiger partial charge >= 0.3 is 5.69 Å². The number of H-pyrrole nitrogens is 1. The van der Waals surface area contributed by atoms with Gasteiger partial charge in [-0.2, -0.15) is 0 Å². The molecule has 3 N–H and O–H groups in total. The molecule has 0 aliphatic carbocycles. The number of rotatable bonds is 6. The monoisotopic (exact) mass is 355 g/mol. The number of ketones is 1. The van der Waals surface area contributed by atoms with Crippen molar-refractivity contribution in [2.75, 3.05) is 12.3 Å². The van der Waals surface area contributed by atoms with Crippen LogP contribution in [0, 0.1) is 5.82 Å².